The molecule has 0 aliphatic heterocycles. The fourth-order valence-corrected chi connectivity index (χ4v) is 2.44. The van der Waals surface area contributed by atoms with Crippen LogP contribution in [0.15, 0.2) is 30.3 Å². The van der Waals surface area contributed by atoms with Crippen molar-refractivity contribution < 1.29 is 13.9 Å². The molecule has 1 aromatic rings. The number of hydrogen-bond donors (Lipinski definition) is 0. The third kappa shape index (κ3) is 2.33. The van der Waals surface area contributed by atoms with Crippen LogP contribution < -0.4 is 0 Å². The Morgan fingerprint density at radius 2 is 2.00 bits per heavy atom. The molecule has 1 aromatic carbocycles. The van der Waals surface area contributed by atoms with Crippen LogP contribution in [0, 0.1) is 5.92 Å². The first-order chi connectivity index (χ1) is 8.07. The fraction of sp³-hybridized carbons (Fsp3) is 0.500. The van der Waals surface area contributed by atoms with Gasteiger partial charge in [0.05, 0.1) is 7.11 Å². The number of rotatable bonds is 4. The SMILES string of the molecule is COC(=O)C(C)(F)[C@H](c1ccccc1)C1CC1. The monoisotopic (exact) mass is 236 g/mol. The minimum atomic E-state index is -1.95. The lowest BCUT2D eigenvalue weighted by atomic mass is 9.81. The number of hydrogen-bond acceptors (Lipinski definition) is 2. The van der Waals surface area contributed by atoms with E-state index in [-0.39, 0.29) is 5.92 Å². The van der Waals surface area contributed by atoms with E-state index in [0.717, 1.165) is 18.4 Å². The molecule has 2 nitrogen and oxygen atoms in total. The zero-order valence-corrected chi connectivity index (χ0v) is 10.2. The Bertz CT molecular complexity index is 396. The van der Waals surface area contributed by atoms with Crippen molar-refractivity contribution in [3.05, 3.63) is 35.9 Å². The van der Waals surface area contributed by atoms with Gasteiger partial charge in [-0.1, -0.05) is 30.3 Å². The average Bonchev–Trinajstić information content (AvgIpc) is 3.13. The molecule has 0 heterocycles. The molecule has 0 saturated heterocycles. The molecule has 3 heteroatoms. The molecule has 0 bridgehead atoms. The summed E-state index contributed by atoms with van der Waals surface area (Å²) in [6, 6.07) is 9.39. The van der Waals surface area contributed by atoms with Crippen molar-refractivity contribution in [1.82, 2.24) is 0 Å². The number of alkyl halides is 1. The Kier molecular flexibility index (Phi) is 3.18. The topological polar surface area (TPSA) is 26.3 Å². The lowest BCUT2D eigenvalue weighted by Gasteiger charge is -2.28. The molecular formula is C14H17FO2. The smallest absolute Gasteiger partial charge is 0.343 e. The quantitative estimate of drug-likeness (QED) is 0.751. The molecule has 0 radical (unpaired) electrons. The Balaban J connectivity index is 2.33. The zero-order chi connectivity index (χ0) is 12.5. The summed E-state index contributed by atoms with van der Waals surface area (Å²) in [5, 5.41) is 0. The zero-order valence-electron chi connectivity index (χ0n) is 10.2. The van der Waals surface area contributed by atoms with Gasteiger partial charge in [0.15, 0.2) is 0 Å². The van der Waals surface area contributed by atoms with Gasteiger partial charge in [-0.2, -0.15) is 0 Å². The van der Waals surface area contributed by atoms with Crippen molar-refractivity contribution >= 4 is 5.97 Å². The van der Waals surface area contributed by atoms with Crippen LogP contribution in [0.4, 0.5) is 4.39 Å². The number of halogens is 1. The van der Waals surface area contributed by atoms with Gasteiger partial charge in [0, 0.05) is 5.92 Å². The highest BCUT2D eigenvalue weighted by Gasteiger charge is 2.50. The van der Waals surface area contributed by atoms with Gasteiger partial charge in [-0.05, 0) is 31.2 Å². The Hall–Kier alpha value is -1.38. The number of carbonyl (C=O) groups is 1. The summed E-state index contributed by atoms with van der Waals surface area (Å²) in [5.41, 5.74) is -1.07. The van der Waals surface area contributed by atoms with Crippen molar-refractivity contribution in [3.8, 4) is 0 Å². The van der Waals surface area contributed by atoms with E-state index < -0.39 is 17.6 Å². The van der Waals surface area contributed by atoms with Gasteiger partial charge >= 0.3 is 5.97 Å². The van der Waals surface area contributed by atoms with Crippen LogP contribution in [-0.4, -0.2) is 18.7 Å². The summed E-state index contributed by atoms with van der Waals surface area (Å²) < 4.78 is 19.2. The van der Waals surface area contributed by atoms with Crippen LogP contribution >= 0.6 is 0 Å². The molecule has 1 saturated carbocycles. The Morgan fingerprint density at radius 3 is 2.47 bits per heavy atom. The van der Waals surface area contributed by atoms with Crippen molar-refractivity contribution in [1.29, 1.82) is 0 Å². The van der Waals surface area contributed by atoms with Gasteiger partial charge in [0.1, 0.15) is 0 Å². The van der Waals surface area contributed by atoms with Crippen molar-refractivity contribution in [2.24, 2.45) is 5.92 Å². The van der Waals surface area contributed by atoms with E-state index in [2.05, 4.69) is 4.74 Å². The normalized spacial score (nSPS) is 20.4. The van der Waals surface area contributed by atoms with E-state index in [9.17, 15) is 9.18 Å². The van der Waals surface area contributed by atoms with Gasteiger partial charge in [-0.3, -0.25) is 0 Å². The molecule has 0 N–H and O–H groups in total. The second-order valence-electron chi connectivity index (χ2n) is 4.79. The summed E-state index contributed by atoms with van der Waals surface area (Å²) in [4.78, 5) is 11.6. The second-order valence-corrected chi connectivity index (χ2v) is 4.79. The van der Waals surface area contributed by atoms with E-state index in [1.165, 1.54) is 14.0 Å². The first-order valence-electron chi connectivity index (χ1n) is 5.89. The second kappa shape index (κ2) is 4.47. The molecule has 17 heavy (non-hydrogen) atoms. The number of benzene rings is 1. The first-order valence-corrected chi connectivity index (χ1v) is 5.89. The van der Waals surface area contributed by atoms with Crippen LogP contribution in [0.25, 0.3) is 0 Å². The van der Waals surface area contributed by atoms with Gasteiger partial charge in [-0.15, -0.1) is 0 Å². The van der Waals surface area contributed by atoms with Crippen LogP contribution in [0.3, 0.4) is 0 Å². The molecule has 1 aliphatic rings. The van der Waals surface area contributed by atoms with E-state index in [4.69, 9.17) is 0 Å². The highest BCUT2D eigenvalue weighted by molar-refractivity contribution is 5.80. The first kappa shape index (κ1) is 12.1. The summed E-state index contributed by atoms with van der Waals surface area (Å²) >= 11 is 0. The number of ether oxygens (including phenoxy) is 1. The van der Waals surface area contributed by atoms with Crippen LogP contribution in [0.2, 0.25) is 0 Å². The molecule has 2 rings (SSSR count). The maximum Gasteiger partial charge on any atom is 0.343 e. The minimum absolute atomic E-state index is 0.256. The van der Waals surface area contributed by atoms with E-state index in [1.807, 2.05) is 30.3 Å². The molecule has 0 aromatic heterocycles. The summed E-state index contributed by atoms with van der Waals surface area (Å²) in [7, 11) is 1.23. The van der Waals surface area contributed by atoms with Crippen LogP contribution in [0.1, 0.15) is 31.2 Å². The van der Waals surface area contributed by atoms with E-state index in [1.54, 1.807) is 0 Å². The third-order valence-corrected chi connectivity index (χ3v) is 3.42. The maximum absolute atomic E-state index is 14.7. The molecule has 2 atom stereocenters. The van der Waals surface area contributed by atoms with Gasteiger partial charge in [-0.25, -0.2) is 9.18 Å². The molecule has 1 aliphatic carbocycles. The lowest BCUT2D eigenvalue weighted by Crippen LogP contribution is -2.39. The van der Waals surface area contributed by atoms with Crippen molar-refractivity contribution in [3.63, 3.8) is 0 Å². The van der Waals surface area contributed by atoms with Crippen molar-refractivity contribution in [2.45, 2.75) is 31.4 Å². The van der Waals surface area contributed by atoms with Gasteiger partial charge < -0.3 is 4.74 Å². The molecule has 0 spiro atoms. The number of methoxy groups -OCH3 is 1. The summed E-state index contributed by atoms with van der Waals surface area (Å²) in [5.74, 6) is -0.916. The van der Waals surface area contributed by atoms with Crippen LogP contribution in [-0.2, 0) is 9.53 Å². The third-order valence-electron chi connectivity index (χ3n) is 3.42. The fourth-order valence-electron chi connectivity index (χ4n) is 2.44. The predicted molar refractivity (Wildman–Crippen MR) is 63.4 cm³/mol. The standard InChI is InChI=1S/C14H17FO2/c1-14(15,13(16)17-2)12(11-8-9-11)10-6-4-3-5-7-10/h3-7,11-12H,8-9H2,1-2H3/t12-,14?/m1/s1. The average molecular weight is 236 g/mol. The largest absolute Gasteiger partial charge is 0.467 e. The van der Waals surface area contributed by atoms with Crippen LogP contribution in [0.5, 0.6) is 0 Å². The lowest BCUT2D eigenvalue weighted by molar-refractivity contribution is -0.155. The highest BCUT2D eigenvalue weighted by Crippen LogP contribution is 2.49. The van der Waals surface area contributed by atoms with Crippen molar-refractivity contribution in [2.75, 3.05) is 7.11 Å². The highest BCUT2D eigenvalue weighted by atomic mass is 19.1. The number of carbonyl (C=O) groups excluding carboxylic acids is 1. The summed E-state index contributed by atoms with van der Waals surface area (Å²) in [6.45, 7) is 1.33. The van der Waals surface area contributed by atoms with E-state index in [0.29, 0.717) is 0 Å². The predicted octanol–water partition coefficient (Wildman–Crippen LogP) is 3.08. The molecule has 92 valence electrons. The van der Waals surface area contributed by atoms with E-state index >= 15 is 0 Å². The molecule has 1 unspecified atom stereocenters. The Labute approximate surface area is 101 Å². The van der Waals surface area contributed by atoms with Gasteiger partial charge in [0.2, 0.25) is 5.67 Å². The Morgan fingerprint density at radius 1 is 1.41 bits per heavy atom. The molecule has 1 fully saturated rings. The molecular weight excluding hydrogens is 219 g/mol. The summed E-state index contributed by atoms with van der Waals surface area (Å²) in [6.07, 6.45) is 1.96. The number of esters is 1. The minimum Gasteiger partial charge on any atom is -0.467 e. The van der Waals surface area contributed by atoms with Gasteiger partial charge in [0.25, 0.3) is 0 Å². The maximum atomic E-state index is 14.7. The molecule has 0 amide bonds.